The van der Waals surface area contributed by atoms with E-state index in [2.05, 4.69) is 6.58 Å². The summed E-state index contributed by atoms with van der Waals surface area (Å²) in [5.74, 6) is 0. The first-order chi connectivity index (χ1) is 9.70. The maximum absolute atomic E-state index is 12.7. The van der Waals surface area contributed by atoms with E-state index in [0.29, 0.717) is 0 Å². The van der Waals surface area contributed by atoms with Crippen LogP contribution in [-0.2, 0) is 14.8 Å². The SMILES string of the molecule is C=CC1N(S(=O)(=O)c2ccc(C)cc2)C(=O)OCC1(C)C. The first kappa shape index (κ1) is 15.6. The van der Waals surface area contributed by atoms with Gasteiger partial charge in [0.15, 0.2) is 0 Å². The molecule has 21 heavy (non-hydrogen) atoms. The Morgan fingerprint density at radius 2 is 1.90 bits per heavy atom. The third-order valence-corrected chi connectivity index (χ3v) is 5.36. The van der Waals surface area contributed by atoms with E-state index >= 15 is 0 Å². The van der Waals surface area contributed by atoms with Gasteiger partial charge in [-0.1, -0.05) is 37.6 Å². The monoisotopic (exact) mass is 309 g/mol. The van der Waals surface area contributed by atoms with Crippen molar-refractivity contribution in [1.82, 2.24) is 4.31 Å². The van der Waals surface area contributed by atoms with Crippen LogP contribution >= 0.6 is 0 Å². The van der Waals surface area contributed by atoms with Crippen LogP contribution in [0.25, 0.3) is 0 Å². The van der Waals surface area contributed by atoms with Crippen LogP contribution < -0.4 is 0 Å². The van der Waals surface area contributed by atoms with Crippen molar-refractivity contribution < 1.29 is 17.9 Å². The Morgan fingerprint density at radius 1 is 1.33 bits per heavy atom. The molecule has 114 valence electrons. The zero-order valence-corrected chi connectivity index (χ0v) is 13.2. The van der Waals surface area contributed by atoms with Gasteiger partial charge in [-0.2, -0.15) is 4.31 Å². The number of aryl methyl sites for hydroxylation is 1. The Bertz CT molecular complexity index is 661. The number of amides is 1. The fraction of sp³-hybridized carbons (Fsp3) is 0.400. The van der Waals surface area contributed by atoms with Gasteiger partial charge in [0, 0.05) is 5.41 Å². The number of hydrogen-bond donors (Lipinski definition) is 0. The fourth-order valence-corrected chi connectivity index (χ4v) is 3.94. The van der Waals surface area contributed by atoms with E-state index in [1.54, 1.807) is 12.1 Å². The summed E-state index contributed by atoms with van der Waals surface area (Å²) >= 11 is 0. The molecular weight excluding hydrogens is 290 g/mol. The molecule has 6 heteroatoms. The lowest BCUT2D eigenvalue weighted by Gasteiger charge is -2.42. The number of carbonyl (C=O) groups is 1. The smallest absolute Gasteiger partial charge is 0.424 e. The third-order valence-electron chi connectivity index (χ3n) is 3.60. The molecular formula is C15H19NO4S. The lowest BCUT2D eigenvalue weighted by Crippen LogP contribution is -2.56. The van der Waals surface area contributed by atoms with Gasteiger partial charge in [0.05, 0.1) is 10.9 Å². The number of carbonyl (C=O) groups excluding carboxylic acids is 1. The van der Waals surface area contributed by atoms with E-state index in [0.717, 1.165) is 9.87 Å². The minimum absolute atomic E-state index is 0.0644. The number of ether oxygens (including phenoxy) is 1. The van der Waals surface area contributed by atoms with E-state index in [-0.39, 0.29) is 11.5 Å². The summed E-state index contributed by atoms with van der Waals surface area (Å²) in [5.41, 5.74) is 0.406. The summed E-state index contributed by atoms with van der Waals surface area (Å²) in [6.45, 7) is 9.36. The minimum atomic E-state index is -3.97. The highest BCUT2D eigenvalue weighted by Gasteiger charge is 2.47. The summed E-state index contributed by atoms with van der Waals surface area (Å²) < 4.78 is 31.3. The lowest BCUT2D eigenvalue weighted by atomic mass is 9.84. The first-order valence-electron chi connectivity index (χ1n) is 6.60. The molecule has 0 radical (unpaired) electrons. The fourth-order valence-electron chi connectivity index (χ4n) is 2.31. The summed E-state index contributed by atoms with van der Waals surface area (Å²) in [6, 6.07) is 5.70. The van der Waals surface area contributed by atoms with E-state index < -0.39 is 27.6 Å². The van der Waals surface area contributed by atoms with Gasteiger partial charge in [0.25, 0.3) is 10.0 Å². The summed E-state index contributed by atoms with van der Waals surface area (Å²) in [5, 5.41) is 0. The summed E-state index contributed by atoms with van der Waals surface area (Å²) in [4.78, 5) is 12.1. The number of rotatable bonds is 3. The van der Waals surface area contributed by atoms with Crippen molar-refractivity contribution >= 4 is 16.1 Å². The van der Waals surface area contributed by atoms with Crippen molar-refractivity contribution in [3.8, 4) is 0 Å². The van der Waals surface area contributed by atoms with E-state index in [1.165, 1.54) is 18.2 Å². The molecule has 0 aromatic heterocycles. The molecule has 2 rings (SSSR count). The Morgan fingerprint density at radius 3 is 2.43 bits per heavy atom. The van der Waals surface area contributed by atoms with Crippen LogP contribution in [0.15, 0.2) is 41.8 Å². The molecule has 1 aromatic rings. The largest absolute Gasteiger partial charge is 0.448 e. The second kappa shape index (κ2) is 5.18. The maximum Gasteiger partial charge on any atom is 0.424 e. The van der Waals surface area contributed by atoms with Gasteiger partial charge in [0.2, 0.25) is 0 Å². The lowest BCUT2D eigenvalue weighted by molar-refractivity contribution is 0.0156. The topological polar surface area (TPSA) is 63.7 Å². The van der Waals surface area contributed by atoms with Crippen molar-refractivity contribution in [3.05, 3.63) is 42.5 Å². The number of cyclic esters (lactones) is 1. The zero-order chi connectivity index (χ0) is 15.8. The van der Waals surface area contributed by atoms with Crippen LogP contribution in [0, 0.1) is 12.3 Å². The van der Waals surface area contributed by atoms with Crippen molar-refractivity contribution in [2.45, 2.75) is 31.7 Å². The summed E-state index contributed by atoms with van der Waals surface area (Å²) in [7, 11) is -3.97. The number of benzene rings is 1. The Labute approximate surface area is 125 Å². The maximum atomic E-state index is 12.7. The Kier molecular flexibility index (Phi) is 3.84. The van der Waals surface area contributed by atoms with Crippen molar-refractivity contribution in [2.75, 3.05) is 6.61 Å². The molecule has 0 aliphatic carbocycles. The standard InChI is InChI=1S/C15H19NO4S/c1-5-13-15(3,4)10-20-14(17)16(13)21(18,19)12-8-6-11(2)7-9-12/h5-9,13H,1,10H2,2-4H3. The molecule has 1 aliphatic heterocycles. The van der Waals surface area contributed by atoms with Crippen LogP contribution in [-0.4, -0.2) is 31.5 Å². The normalized spacial score (nSPS) is 21.8. The molecule has 0 spiro atoms. The molecule has 1 aliphatic rings. The average molecular weight is 309 g/mol. The van der Waals surface area contributed by atoms with Crippen LogP contribution in [0.5, 0.6) is 0 Å². The quantitative estimate of drug-likeness (QED) is 0.805. The van der Waals surface area contributed by atoms with Gasteiger partial charge in [0.1, 0.15) is 6.61 Å². The first-order valence-corrected chi connectivity index (χ1v) is 8.04. The predicted molar refractivity (Wildman–Crippen MR) is 79.3 cm³/mol. The molecule has 1 unspecified atom stereocenters. The average Bonchev–Trinajstić information content (AvgIpc) is 2.41. The Balaban J connectivity index is 2.52. The highest BCUT2D eigenvalue weighted by Crippen LogP contribution is 2.35. The second-order valence-corrected chi connectivity index (χ2v) is 7.65. The van der Waals surface area contributed by atoms with Crippen LogP contribution in [0.4, 0.5) is 4.79 Å². The third kappa shape index (κ3) is 2.68. The molecule has 1 fully saturated rings. The van der Waals surface area contributed by atoms with Crippen LogP contribution in [0.1, 0.15) is 19.4 Å². The minimum Gasteiger partial charge on any atom is -0.448 e. The highest BCUT2D eigenvalue weighted by atomic mass is 32.2. The molecule has 1 atom stereocenters. The molecule has 1 saturated heterocycles. The summed E-state index contributed by atoms with van der Waals surface area (Å²) in [6.07, 6.45) is 0.617. The number of sulfonamides is 1. The molecule has 1 heterocycles. The molecule has 5 nitrogen and oxygen atoms in total. The number of hydrogen-bond acceptors (Lipinski definition) is 4. The highest BCUT2D eigenvalue weighted by molar-refractivity contribution is 7.89. The van der Waals surface area contributed by atoms with Gasteiger partial charge in [-0.05, 0) is 19.1 Å². The number of nitrogens with zero attached hydrogens (tertiary/aromatic N) is 1. The van der Waals surface area contributed by atoms with Gasteiger partial charge >= 0.3 is 6.09 Å². The Hall–Kier alpha value is -1.82. The van der Waals surface area contributed by atoms with Gasteiger partial charge in [-0.15, -0.1) is 6.58 Å². The molecule has 1 aromatic carbocycles. The van der Waals surface area contributed by atoms with E-state index in [9.17, 15) is 13.2 Å². The molecule has 1 amide bonds. The van der Waals surface area contributed by atoms with E-state index in [1.807, 2.05) is 20.8 Å². The second-order valence-electron chi connectivity index (χ2n) is 5.84. The van der Waals surface area contributed by atoms with E-state index in [4.69, 9.17) is 4.74 Å². The van der Waals surface area contributed by atoms with Gasteiger partial charge < -0.3 is 4.74 Å². The predicted octanol–water partition coefficient (Wildman–Crippen LogP) is 2.72. The zero-order valence-electron chi connectivity index (χ0n) is 12.4. The van der Waals surface area contributed by atoms with Crippen molar-refractivity contribution in [1.29, 1.82) is 0 Å². The molecule has 0 bridgehead atoms. The molecule has 0 saturated carbocycles. The van der Waals surface area contributed by atoms with Crippen LogP contribution in [0.2, 0.25) is 0 Å². The van der Waals surface area contributed by atoms with Gasteiger partial charge in [-0.25, -0.2) is 13.2 Å². The van der Waals surface area contributed by atoms with Crippen LogP contribution in [0.3, 0.4) is 0 Å². The van der Waals surface area contributed by atoms with Gasteiger partial charge in [-0.3, -0.25) is 0 Å². The molecule has 0 N–H and O–H groups in total. The van der Waals surface area contributed by atoms with Crippen molar-refractivity contribution in [3.63, 3.8) is 0 Å². The van der Waals surface area contributed by atoms with Crippen molar-refractivity contribution in [2.24, 2.45) is 5.41 Å².